The minimum absolute atomic E-state index is 0.210. The van der Waals surface area contributed by atoms with Gasteiger partial charge in [0.1, 0.15) is 17.2 Å². The maximum Gasteiger partial charge on any atom is 0.310 e. The molecule has 32 heavy (non-hydrogen) atoms. The van der Waals surface area contributed by atoms with Gasteiger partial charge in [-0.15, -0.1) is 0 Å². The van der Waals surface area contributed by atoms with E-state index in [0.29, 0.717) is 11.6 Å². The Bertz CT molecular complexity index is 1070. The molecule has 6 heteroatoms. The topological polar surface area (TPSA) is 55.8 Å². The maximum absolute atomic E-state index is 11.1. The average Bonchev–Trinajstić information content (AvgIpc) is 2.75. The highest BCUT2D eigenvalue weighted by atomic mass is 79.9. The van der Waals surface area contributed by atoms with Crippen molar-refractivity contribution < 1.29 is 19.4 Å². The summed E-state index contributed by atoms with van der Waals surface area (Å²) in [5.74, 6) is 1.55. The highest BCUT2D eigenvalue weighted by Gasteiger charge is 2.07. The number of hydrogen-bond acceptors (Lipinski definition) is 4. The Balaban J connectivity index is 0.000000235. The van der Waals surface area contributed by atoms with Gasteiger partial charge >= 0.3 is 5.97 Å². The largest absolute Gasteiger partial charge is 0.508 e. The normalized spacial score (nSPS) is 10.2. The zero-order valence-electron chi connectivity index (χ0n) is 18.7. The smallest absolute Gasteiger partial charge is 0.310 e. The van der Waals surface area contributed by atoms with E-state index in [1.54, 1.807) is 19.1 Å². The van der Waals surface area contributed by atoms with E-state index in [1.165, 1.54) is 5.56 Å². The fourth-order valence-electron chi connectivity index (χ4n) is 2.79. The van der Waals surface area contributed by atoms with E-state index >= 15 is 0 Å². The molecule has 0 saturated carbocycles. The van der Waals surface area contributed by atoms with Gasteiger partial charge in [-0.1, -0.05) is 42.8 Å². The number of hydrogen-bond donors (Lipinski definition) is 1. The SMILES string of the molecule is CCOC(=O)Cc1ccc(C)c(O)c1.CCc1ccc(C)c(Oc2cc(Cl)ccc2Br)c1. The summed E-state index contributed by atoms with van der Waals surface area (Å²) in [4.78, 5) is 11.1. The molecule has 0 aliphatic rings. The molecule has 0 fully saturated rings. The summed E-state index contributed by atoms with van der Waals surface area (Å²) in [6.45, 7) is 8.13. The number of halogens is 2. The second-order valence-corrected chi connectivity index (χ2v) is 8.52. The van der Waals surface area contributed by atoms with E-state index in [-0.39, 0.29) is 18.1 Å². The Morgan fingerprint density at radius 3 is 2.28 bits per heavy atom. The van der Waals surface area contributed by atoms with Crippen LogP contribution < -0.4 is 4.74 Å². The minimum atomic E-state index is -0.268. The fourth-order valence-corrected chi connectivity index (χ4v) is 3.28. The number of phenols is 1. The van der Waals surface area contributed by atoms with Gasteiger partial charge in [-0.2, -0.15) is 0 Å². The highest BCUT2D eigenvalue weighted by Crippen LogP contribution is 2.34. The monoisotopic (exact) mass is 518 g/mol. The number of esters is 1. The predicted molar refractivity (Wildman–Crippen MR) is 133 cm³/mol. The third-order valence-electron chi connectivity index (χ3n) is 4.70. The van der Waals surface area contributed by atoms with Crippen molar-refractivity contribution in [3.05, 3.63) is 86.3 Å². The molecule has 3 aromatic carbocycles. The van der Waals surface area contributed by atoms with E-state index in [2.05, 4.69) is 41.1 Å². The van der Waals surface area contributed by atoms with Crippen LogP contribution in [0.2, 0.25) is 5.02 Å². The second kappa shape index (κ2) is 12.5. The van der Waals surface area contributed by atoms with Crippen LogP contribution in [0.1, 0.15) is 36.1 Å². The minimum Gasteiger partial charge on any atom is -0.508 e. The molecule has 3 aromatic rings. The van der Waals surface area contributed by atoms with Crippen LogP contribution in [0.4, 0.5) is 0 Å². The van der Waals surface area contributed by atoms with Gasteiger partial charge in [0, 0.05) is 11.1 Å². The van der Waals surface area contributed by atoms with E-state index in [9.17, 15) is 9.90 Å². The van der Waals surface area contributed by atoms with E-state index < -0.39 is 0 Å². The number of benzene rings is 3. The fraction of sp³-hybridized carbons (Fsp3) is 0.269. The zero-order valence-corrected chi connectivity index (χ0v) is 21.1. The van der Waals surface area contributed by atoms with Gasteiger partial charge in [0.15, 0.2) is 0 Å². The molecule has 0 atom stereocenters. The lowest BCUT2D eigenvalue weighted by atomic mass is 10.1. The third-order valence-corrected chi connectivity index (χ3v) is 5.59. The first-order valence-corrected chi connectivity index (χ1v) is 11.6. The molecule has 0 spiro atoms. The summed E-state index contributed by atoms with van der Waals surface area (Å²) in [6.07, 6.45) is 1.20. The molecule has 0 heterocycles. The van der Waals surface area contributed by atoms with Crippen LogP contribution in [0.5, 0.6) is 17.2 Å². The third kappa shape index (κ3) is 7.88. The number of phenolic OH excluding ortho intramolecular Hbond substituents is 1. The number of carbonyl (C=O) groups is 1. The van der Waals surface area contributed by atoms with E-state index in [1.807, 2.05) is 38.1 Å². The van der Waals surface area contributed by atoms with Crippen LogP contribution in [-0.2, 0) is 22.4 Å². The van der Waals surface area contributed by atoms with Crippen molar-refractivity contribution in [2.45, 2.75) is 40.5 Å². The standard InChI is InChI=1S/C15H14BrClO.C11H14O3/c1-3-11-5-4-10(2)14(8-11)18-15-9-12(17)6-7-13(15)16;1-3-14-11(13)7-9-5-4-8(2)10(12)6-9/h4-9H,3H2,1-2H3;4-6,12H,3,7H2,1-2H3. The first-order valence-electron chi connectivity index (χ1n) is 10.4. The summed E-state index contributed by atoms with van der Waals surface area (Å²) in [5.41, 5.74) is 3.94. The summed E-state index contributed by atoms with van der Waals surface area (Å²) in [7, 11) is 0. The predicted octanol–water partition coefficient (Wildman–Crippen LogP) is 7.57. The first-order chi connectivity index (χ1) is 15.2. The Morgan fingerprint density at radius 2 is 1.62 bits per heavy atom. The second-order valence-electron chi connectivity index (χ2n) is 7.23. The molecule has 3 rings (SSSR count). The summed E-state index contributed by atoms with van der Waals surface area (Å²) < 4.78 is 11.6. The van der Waals surface area contributed by atoms with Crippen molar-refractivity contribution in [3.8, 4) is 17.2 Å². The van der Waals surface area contributed by atoms with Crippen molar-refractivity contribution in [1.82, 2.24) is 0 Å². The van der Waals surface area contributed by atoms with Gasteiger partial charge in [0.2, 0.25) is 0 Å². The number of aromatic hydroxyl groups is 1. The van der Waals surface area contributed by atoms with Crippen molar-refractivity contribution in [2.75, 3.05) is 6.61 Å². The maximum atomic E-state index is 11.1. The first kappa shape index (κ1) is 25.8. The number of aryl methyl sites for hydroxylation is 3. The molecule has 0 aromatic heterocycles. The Morgan fingerprint density at radius 1 is 0.938 bits per heavy atom. The molecule has 0 aliphatic heterocycles. The Kier molecular flexibility index (Phi) is 10.1. The number of carbonyl (C=O) groups excluding carboxylic acids is 1. The molecule has 170 valence electrons. The summed E-state index contributed by atoms with van der Waals surface area (Å²) in [5, 5.41) is 10.1. The van der Waals surface area contributed by atoms with E-state index in [0.717, 1.165) is 39.1 Å². The van der Waals surface area contributed by atoms with Gasteiger partial charge in [0.25, 0.3) is 0 Å². The van der Waals surface area contributed by atoms with Gasteiger partial charge in [0.05, 0.1) is 17.5 Å². The highest BCUT2D eigenvalue weighted by molar-refractivity contribution is 9.10. The molecule has 0 aliphatic carbocycles. The van der Waals surface area contributed by atoms with Gasteiger partial charge in [-0.25, -0.2) is 0 Å². The van der Waals surface area contributed by atoms with Crippen LogP contribution in [0.25, 0.3) is 0 Å². The lowest BCUT2D eigenvalue weighted by Crippen LogP contribution is -2.07. The van der Waals surface area contributed by atoms with Crippen LogP contribution in [0.15, 0.2) is 59.1 Å². The molecule has 0 amide bonds. The van der Waals surface area contributed by atoms with Crippen molar-refractivity contribution >= 4 is 33.5 Å². The lowest BCUT2D eigenvalue weighted by molar-refractivity contribution is -0.142. The van der Waals surface area contributed by atoms with Gasteiger partial charge in [-0.05, 0) is 89.6 Å². The van der Waals surface area contributed by atoms with Crippen LogP contribution in [0.3, 0.4) is 0 Å². The van der Waals surface area contributed by atoms with E-state index in [4.69, 9.17) is 21.1 Å². The number of rotatable bonds is 6. The lowest BCUT2D eigenvalue weighted by Gasteiger charge is -2.11. The van der Waals surface area contributed by atoms with Crippen LogP contribution in [0, 0.1) is 13.8 Å². The molecule has 1 N–H and O–H groups in total. The van der Waals surface area contributed by atoms with Gasteiger partial charge < -0.3 is 14.6 Å². The summed E-state index contributed by atoms with van der Waals surface area (Å²) >= 11 is 9.44. The average molecular weight is 520 g/mol. The van der Waals surface area contributed by atoms with Crippen molar-refractivity contribution in [3.63, 3.8) is 0 Å². The molecule has 0 bridgehead atoms. The molecule has 0 saturated heterocycles. The molecule has 0 radical (unpaired) electrons. The number of ether oxygens (including phenoxy) is 2. The van der Waals surface area contributed by atoms with Gasteiger partial charge in [-0.3, -0.25) is 4.79 Å². The zero-order chi connectivity index (χ0) is 23.7. The Hall–Kier alpha value is -2.50. The van der Waals surface area contributed by atoms with Crippen molar-refractivity contribution in [2.24, 2.45) is 0 Å². The quantitative estimate of drug-likeness (QED) is 0.341. The molecular weight excluding hydrogens is 492 g/mol. The summed E-state index contributed by atoms with van der Waals surface area (Å²) in [6, 6.07) is 17.0. The Labute approximate surface area is 203 Å². The molecule has 4 nitrogen and oxygen atoms in total. The van der Waals surface area contributed by atoms with Crippen molar-refractivity contribution in [1.29, 1.82) is 0 Å². The molecular formula is C26H28BrClO4. The molecule has 0 unspecified atom stereocenters. The van der Waals surface area contributed by atoms with Crippen LogP contribution in [-0.4, -0.2) is 17.7 Å². The van der Waals surface area contributed by atoms with Crippen LogP contribution >= 0.6 is 27.5 Å².